The minimum absolute atomic E-state index is 0.0455. The molecule has 2 aromatic carbocycles. The van der Waals surface area contributed by atoms with Gasteiger partial charge in [0.2, 0.25) is 5.91 Å². The van der Waals surface area contributed by atoms with E-state index in [2.05, 4.69) is 4.98 Å². The summed E-state index contributed by atoms with van der Waals surface area (Å²) in [6.45, 7) is 1.99. The molecule has 2 heterocycles. The van der Waals surface area contributed by atoms with Crippen LogP contribution in [-0.2, 0) is 22.6 Å². The number of hydrogen-bond donors (Lipinski definition) is 2. The van der Waals surface area contributed by atoms with Gasteiger partial charge < -0.3 is 20.0 Å². The first kappa shape index (κ1) is 32.1. The molecule has 1 aliphatic heterocycles. The highest BCUT2D eigenvalue weighted by Crippen LogP contribution is 2.41. The first-order valence-electron chi connectivity index (χ1n) is 12.9. The van der Waals surface area contributed by atoms with E-state index in [0.717, 1.165) is 43.1 Å². The number of aliphatic hydroxyl groups is 2. The second kappa shape index (κ2) is 11.4. The average molecular weight is 618 g/mol. The van der Waals surface area contributed by atoms with Gasteiger partial charge in [-0.1, -0.05) is 0 Å². The van der Waals surface area contributed by atoms with Crippen LogP contribution in [0.2, 0.25) is 0 Å². The van der Waals surface area contributed by atoms with Crippen LogP contribution in [0.1, 0.15) is 37.0 Å². The lowest BCUT2D eigenvalue weighted by atomic mass is 9.81. The summed E-state index contributed by atoms with van der Waals surface area (Å²) in [5, 5.41) is 19.8. The summed E-state index contributed by atoms with van der Waals surface area (Å²) in [4.78, 5) is 20.5. The normalized spacial score (nSPS) is 17.8. The molecule has 1 aliphatic rings. The van der Waals surface area contributed by atoms with Gasteiger partial charge in [0.05, 0.1) is 47.2 Å². The number of β-amino-alcohol motifs (C(OH)–C–C–N with tert-alkyl or cyclic N) is 1. The molecule has 6 nitrogen and oxygen atoms in total. The van der Waals surface area contributed by atoms with Crippen LogP contribution >= 0.6 is 0 Å². The average Bonchev–Trinajstić information content (AvgIpc) is 3.32. The maximum Gasteiger partial charge on any atom is 0.416 e. The molecule has 2 atom stereocenters. The molecule has 2 N–H and O–H groups in total. The number of alkyl halides is 6. The van der Waals surface area contributed by atoms with Crippen LogP contribution < -0.4 is 9.80 Å². The Hall–Kier alpha value is -3.78. The summed E-state index contributed by atoms with van der Waals surface area (Å²) in [5.74, 6) is -2.56. The second-order valence-corrected chi connectivity index (χ2v) is 10.8. The van der Waals surface area contributed by atoms with Crippen molar-refractivity contribution >= 4 is 17.4 Å². The third-order valence-corrected chi connectivity index (χ3v) is 7.49. The monoisotopic (exact) mass is 617 g/mol. The van der Waals surface area contributed by atoms with Crippen LogP contribution in [0.5, 0.6) is 0 Å². The van der Waals surface area contributed by atoms with Crippen LogP contribution in [0, 0.1) is 11.6 Å². The summed E-state index contributed by atoms with van der Waals surface area (Å²) >= 11 is 0. The number of hydrogen-bond acceptors (Lipinski definition) is 5. The van der Waals surface area contributed by atoms with E-state index in [1.54, 1.807) is 4.90 Å². The molecule has 0 bridgehead atoms. The van der Waals surface area contributed by atoms with E-state index >= 15 is 4.39 Å². The first-order valence-corrected chi connectivity index (χ1v) is 12.9. The molecule has 0 saturated carbocycles. The maximum atomic E-state index is 15.0. The number of carbonyl (C=O) groups is 1. The Bertz CT molecular complexity index is 1490. The van der Waals surface area contributed by atoms with E-state index in [0.29, 0.717) is 12.1 Å². The van der Waals surface area contributed by atoms with E-state index < -0.39 is 64.1 Å². The number of amides is 1. The molecule has 0 aliphatic carbocycles. The summed E-state index contributed by atoms with van der Waals surface area (Å²) in [6, 6.07) is 4.19. The fourth-order valence-electron chi connectivity index (χ4n) is 5.09. The molecule has 3 aromatic rings. The Balaban J connectivity index is 1.84. The fraction of sp³-hybridized carbons (Fsp3) is 0.379. The molecule has 43 heavy (non-hydrogen) atoms. The number of nitrogens with zero attached hydrogens (tertiary/aromatic N) is 3. The molecule has 232 valence electrons. The maximum absolute atomic E-state index is 15.0. The predicted molar refractivity (Wildman–Crippen MR) is 141 cm³/mol. The minimum atomic E-state index is -5.14. The van der Waals surface area contributed by atoms with E-state index in [4.69, 9.17) is 0 Å². The number of anilines is 2. The highest BCUT2D eigenvalue weighted by molar-refractivity contribution is 6.03. The van der Waals surface area contributed by atoms with Crippen molar-refractivity contribution in [2.75, 3.05) is 30.0 Å². The predicted octanol–water partition coefficient (Wildman–Crippen LogP) is 5.94. The standard InChI is InChI=1S/C29H27F8N3O3/c1-27(2,15-6-16(28(32,33)34)8-17(7-15)29(35,36)37)26(43)39(3)24-12-38-25(40-13-20(42)10-19(40)14-41)11-22(24)21-9-18(30)4-5-23(21)31/h4-9,11-12,19-20,41-42H,10,13-14H2,1-3H3/t19-,20+/m0/s1. The van der Waals surface area contributed by atoms with Gasteiger partial charge in [-0.05, 0) is 68.3 Å². The fourth-order valence-corrected chi connectivity index (χ4v) is 5.09. The lowest BCUT2D eigenvalue weighted by Crippen LogP contribution is -2.42. The number of rotatable bonds is 6. The number of benzene rings is 2. The van der Waals surface area contributed by atoms with Gasteiger partial charge >= 0.3 is 12.4 Å². The van der Waals surface area contributed by atoms with Gasteiger partial charge in [0.25, 0.3) is 0 Å². The van der Waals surface area contributed by atoms with Crippen LogP contribution in [-0.4, -0.2) is 53.4 Å². The molecule has 1 amide bonds. The Morgan fingerprint density at radius 2 is 1.53 bits per heavy atom. The molecule has 0 spiro atoms. The van der Waals surface area contributed by atoms with Gasteiger partial charge in [-0.2, -0.15) is 26.3 Å². The van der Waals surface area contributed by atoms with Crippen molar-refractivity contribution in [3.05, 3.63) is 77.0 Å². The zero-order valence-corrected chi connectivity index (χ0v) is 23.1. The number of carbonyl (C=O) groups excluding carboxylic acids is 1. The van der Waals surface area contributed by atoms with Crippen LogP contribution in [0.3, 0.4) is 0 Å². The van der Waals surface area contributed by atoms with Gasteiger partial charge in [-0.25, -0.2) is 13.8 Å². The summed E-state index contributed by atoms with van der Waals surface area (Å²) in [7, 11) is 1.18. The number of aliphatic hydroxyl groups excluding tert-OH is 2. The Labute approximate surface area is 241 Å². The van der Waals surface area contributed by atoms with Gasteiger partial charge in [-0.3, -0.25) is 4.79 Å². The number of aromatic nitrogens is 1. The Morgan fingerprint density at radius 3 is 2.09 bits per heavy atom. The number of likely N-dealkylation sites (N-methyl/N-ethyl adjacent to an activating group) is 1. The SMILES string of the molecule is CN(C(=O)C(C)(C)c1cc(C(F)(F)F)cc(C(F)(F)F)c1)c1cnc(N2C[C@H](O)C[C@H]2CO)cc1-c1cc(F)ccc1F. The molecule has 1 aromatic heterocycles. The zero-order chi connectivity index (χ0) is 32.1. The molecular weight excluding hydrogens is 590 g/mol. The van der Waals surface area contributed by atoms with E-state index in [9.17, 15) is 45.7 Å². The van der Waals surface area contributed by atoms with Crippen molar-refractivity contribution in [3.63, 3.8) is 0 Å². The van der Waals surface area contributed by atoms with Crippen molar-refractivity contribution in [3.8, 4) is 11.1 Å². The van der Waals surface area contributed by atoms with E-state index in [-0.39, 0.29) is 48.3 Å². The molecule has 0 unspecified atom stereocenters. The quantitative estimate of drug-likeness (QED) is 0.335. The molecule has 0 radical (unpaired) electrons. The van der Waals surface area contributed by atoms with Crippen LogP contribution in [0.4, 0.5) is 46.6 Å². The smallest absolute Gasteiger partial charge is 0.394 e. The third kappa shape index (κ3) is 6.44. The second-order valence-electron chi connectivity index (χ2n) is 10.8. The summed E-state index contributed by atoms with van der Waals surface area (Å²) in [6.07, 6.45) is -9.77. The third-order valence-electron chi connectivity index (χ3n) is 7.49. The largest absolute Gasteiger partial charge is 0.416 e. The topological polar surface area (TPSA) is 76.9 Å². The molecular formula is C29H27F8N3O3. The van der Waals surface area contributed by atoms with Crippen molar-refractivity contribution in [2.45, 2.75) is 50.2 Å². The lowest BCUT2D eigenvalue weighted by Gasteiger charge is -2.32. The minimum Gasteiger partial charge on any atom is -0.394 e. The van der Waals surface area contributed by atoms with Gasteiger partial charge in [0.1, 0.15) is 17.5 Å². The highest BCUT2D eigenvalue weighted by atomic mass is 19.4. The van der Waals surface area contributed by atoms with Crippen LogP contribution in [0.15, 0.2) is 48.7 Å². The van der Waals surface area contributed by atoms with Gasteiger partial charge in [0.15, 0.2) is 0 Å². The van der Waals surface area contributed by atoms with Gasteiger partial charge in [-0.15, -0.1) is 0 Å². The van der Waals surface area contributed by atoms with Crippen molar-refractivity contribution in [2.24, 2.45) is 0 Å². The van der Waals surface area contributed by atoms with Crippen molar-refractivity contribution < 1.29 is 50.1 Å². The van der Waals surface area contributed by atoms with E-state index in [1.165, 1.54) is 13.1 Å². The Kier molecular flexibility index (Phi) is 8.50. The lowest BCUT2D eigenvalue weighted by molar-refractivity contribution is -0.143. The van der Waals surface area contributed by atoms with Crippen LogP contribution in [0.25, 0.3) is 11.1 Å². The molecule has 1 saturated heterocycles. The zero-order valence-electron chi connectivity index (χ0n) is 23.1. The molecule has 14 heteroatoms. The van der Waals surface area contributed by atoms with Crippen molar-refractivity contribution in [1.29, 1.82) is 0 Å². The van der Waals surface area contributed by atoms with E-state index in [1.807, 2.05) is 0 Å². The first-order chi connectivity index (χ1) is 19.8. The van der Waals surface area contributed by atoms with Gasteiger partial charge in [0, 0.05) is 24.7 Å². The number of halogens is 8. The molecule has 4 rings (SSSR count). The summed E-state index contributed by atoms with van der Waals surface area (Å²) in [5.41, 5.74) is -6.27. The Morgan fingerprint density at radius 1 is 0.953 bits per heavy atom. The molecule has 1 fully saturated rings. The summed E-state index contributed by atoms with van der Waals surface area (Å²) < 4.78 is 110. The highest BCUT2D eigenvalue weighted by Gasteiger charge is 2.41. The van der Waals surface area contributed by atoms with Crippen molar-refractivity contribution in [1.82, 2.24) is 4.98 Å². The number of pyridine rings is 1.